The molecule has 1 heteroatoms. The minimum Gasteiger partial charge on any atom is -0.457 e. The zero-order chi connectivity index (χ0) is 10.4. The van der Waals surface area contributed by atoms with Crippen LogP contribution in [0.1, 0.15) is 5.56 Å². The average Bonchev–Trinajstić information content (AvgIpc) is 2.17. The first kappa shape index (κ1) is 10.3. The van der Waals surface area contributed by atoms with Crippen LogP contribution in [0.4, 0.5) is 0 Å². The van der Waals surface area contributed by atoms with E-state index in [1.807, 2.05) is 31.2 Å². The maximum absolute atomic E-state index is 5.56. The van der Waals surface area contributed by atoms with E-state index >= 15 is 0 Å². The molecule has 0 aliphatic heterocycles. The van der Waals surface area contributed by atoms with Gasteiger partial charge >= 0.3 is 0 Å². The van der Waals surface area contributed by atoms with Crippen LogP contribution in [0.15, 0.2) is 61.4 Å². The molecule has 0 radical (unpaired) electrons. The molecule has 1 nitrogen and oxygen atoms in total. The first-order valence-corrected chi connectivity index (χ1v) is 4.46. The van der Waals surface area contributed by atoms with Gasteiger partial charge in [0.15, 0.2) is 0 Å². The highest BCUT2D eigenvalue weighted by atomic mass is 16.5. The molecule has 0 fully saturated rings. The highest BCUT2D eigenvalue weighted by Crippen LogP contribution is 2.15. The van der Waals surface area contributed by atoms with Gasteiger partial charge in [0, 0.05) is 0 Å². The van der Waals surface area contributed by atoms with Crippen LogP contribution in [0.2, 0.25) is 0 Å². The molecule has 1 aromatic carbocycles. The first-order chi connectivity index (χ1) is 6.76. The second kappa shape index (κ2) is 5.07. The Bertz CT molecular complexity index is 361. The van der Waals surface area contributed by atoms with E-state index in [0.717, 1.165) is 5.75 Å². The summed E-state index contributed by atoms with van der Waals surface area (Å²) < 4.78 is 5.56. The van der Waals surface area contributed by atoms with Gasteiger partial charge in [0.05, 0.1) is 0 Å². The number of rotatable bonds is 4. The van der Waals surface area contributed by atoms with Crippen molar-refractivity contribution >= 4 is 0 Å². The van der Waals surface area contributed by atoms with E-state index in [1.165, 1.54) is 5.56 Å². The van der Waals surface area contributed by atoms with E-state index in [-0.39, 0.29) is 0 Å². The predicted molar refractivity (Wildman–Crippen MR) is 60.3 cm³/mol. The van der Waals surface area contributed by atoms with Crippen molar-refractivity contribution in [3.05, 3.63) is 67.0 Å². The van der Waals surface area contributed by atoms with Crippen molar-refractivity contribution in [2.24, 2.45) is 0 Å². The van der Waals surface area contributed by atoms with Crippen molar-refractivity contribution < 1.29 is 4.74 Å². The summed E-state index contributed by atoms with van der Waals surface area (Å²) in [7, 11) is 0. The molecule has 0 spiro atoms. The molecule has 0 atom stereocenters. The Morgan fingerprint density at radius 3 is 2.71 bits per heavy atom. The smallest absolute Gasteiger partial charge is 0.127 e. The zero-order valence-corrected chi connectivity index (χ0v) is 8.36. The molecular weight excluding hydrogens is 172 g/mol. The van der Waals surface area contributed by atoms with Crippen molar-refractivity contribution in [1.82, 2.24) is 0 Å². The van der Waals surface area contributed by atoms with Crippen molar-refractivity contribution in [3.8, 4) is 5.75 Å². The molecule has 0 amide bonds. The molecule has 72 valence electrons. The Labute approximate surface area is 85.0 Å². The minimum absolute atomic E-state index is 0.700. The maximum Gasteiger partial charge on any atom is 0.127 e. The fourth-order valence-corrected chi connectivity index (χ4v) is 1.07. The quantitative estimate of drug-likeness (QED) is 0.515. The summed E-state index contributed by atoms with van der Waals surface area (Å²) >= 11 is 0. The van der Waals surface area contributed by atoms with E-state index in [4.69, 9.17) is 4.74 Å². The number of hydrogen-bond donors (Lipinski definition) is 0. The van der Waals surface area contributed by atoms with Gasteiger partial charge in [0.1, 0.15) is 11.5 Å². The Hall–Kier alpha value is -1.76. The molecule has 0 saturated carbocycles. The summed E-state index contributed by atoms with van der Waals surface area (Å²) in [6.07, 6.45) is 5.10. The molecule has 0 N–H and O–H groups in total. The van der Waals surface area contributed by atoms with Gasteiger partial charge in [-0.3, -0.25) is 0 Å². The Morgan fingerprint density at radius 1 is 1.36 bits per heavy atom. The molecule has 1 rings (SSSR count). The normalized spacial score (nSPS) is 10.8. The van der Waals surface area contributed by atoms with Gasteiger partial charge in [-0.15, -0.1) is 0 Å². The topological polar surface area (TPSA) is 9.23 Å². The lowest BCUT2D eigenvalue weighted by Gasteiger charge is -2.05. The molecule has 0 heterocycles. The number of allylic oxidation sites excluding steroid dienone is 3. The number of aryl methyl sites for hydroxylation is 1. The predicted octanol–water partition coefficient (Wildman–Crippen LogP) is 3.63. The molecule has 14 heavy (non-hydrogen) atoms. The SMILES string of the molecule is C=C/C=C(\C=C)Oc1cccc(C)c1. The summed E-state index contributed by atoms with van der Waals surface area (Å²) in [5.74, 6) is 1.52. The molecular formula is C13H14O. The van der Waals surface area contributed by atoms with Crippen LogP contribution in [-0.2, 0) is 0 Å². The van der Waals surface area contributed by atoms with E-state index in [0.29, 0.717) is 5.76 Å². The summed E-state index contributed by atoms with van der Waals surface area (Å²) in [6, 6.07) is 7.87. The molecule has 0 saturated heterocycles. The van der Waals surface area contributed by atoms with Crippen LogP contribution >= 0.6 is 0 Å². The molecule has 0 aromatic heterocycles. The van der Waals surface area contributed by atoms with Gasteiger partial charge in [0.2, 0.25) is 0 Å². The third-order valence-electron chi connectivity index (χ3n) is 1.71. The monoisotopic (exact) mass is 186 g/mol. The largest absolute Gasteiger partial charge is 0.457 e. The summed E-state index contributed by atoms with van der Waals surface area (Å²) in [5, 5.41) is 0. The summed E-state index contributed by atoms with van der Waals surface area (Å²) in [5.41, 5.74) is 1.17. The maximum atomic E-state index is 5.56. The Balaban J connectivity index is 2.82. The standard InChI is InChI=1S/C13H14O/c1-4-7-12(5-2)14-13-9-6-8-11(3)10-13/h4-10H,1-2H2,3H3/b12-7+. The number of hydrogen-bond acceptors (Lipinski definition) is 1. The zero-order valence-electron chi connectivity index (χ0n) is 8.36. The minimum atomic E-state index is 0.700. The van der Waals surface area contributed by atoms with Crippen molar-refractivity contribution in [2.75, 3.05) is 0 Å². The van der Waals surface area contributed by atoms with Crippen molar-refractivity contribution in [1.29, 1.82) is 0 Å². The van der Waals surface area contributed by atoms with Crippen molar-refractivity contribution in [2.45, 2.75) is 6.92 Å². The fourth-order valence-electron chi connectivity index (χ4n) is 1.07. The lowest BCUT2D eigenvalue weighted by molar-refractivity contribution is 0.444. The second-order valence-corrected chi connectivity index (χ2v) is 2.93. The highest BCUT2D eigenvalue weighted by molar-refractivity contribution is 5.31. The van der Waals surface area contributed by atoms with Gasteiger partial charge in [-0.25, -0.2) is 0 Å². The Kier molecular flexibility index (Phi) is 3.74. The van der Waals surface area contributed by atoms with Gasteiger partial charge in [0.25, 0.3) is 0 Å². The molecule has 0 aliphatic rings. The fraction of sp³-hybridized carbons (Fsp3) is 0.0769. The van der Waals surface area contributed by atoms with Crippen LogP contribution in [0, 0.1) is 6.92 Å². The number of benzene rings is 1. The molecule has 0 unspecified atom stereocenters. The summed E-state index contributed by atoms with van der Waals surface area (Å²) in [4.78, 5) is 0. The molecule has 1 aromatic rings. The lowest BCUT2D eigenvalue weighted by atomic mass is 10.2. The van der Waals surface area contributed by atoms with Crippen LogP contribution in [0.3, 0.4) is 0 Å². The third-order valence-corrected chi connectivity index (χ3v) is 1.71. The van der Waals surface area contributed by atoms with Crippen LogP contribution < -0.4 is 4.74 Å². The van der Waals surface area contributed by atoms with Gasteiger partial charge in [-0.2, -0.15) is 0 Å². The van der Waals surface area contributed by atoms with E-state index in [9.17, 15) is 0 Å². The molecule has 0 bridgehead atoms. The van der Waals surface area contributed by atoms with E-state index in [1.54, 1.807) is 18.2 Å². The van der Waals surface area contributed by atoms with Crippen LogP contribution in [-0.4, -0.2) is 0 Å². The van der Waals surface area contributed by atoms with Crippen LogP contribution in [0.25, 0.3) is 0 Å². The second-order valence-electron chi connectivity index (χ2n) is 2.93. The number of ether oxygens (including phenoxy) is 1. The van der Waals surface area contributed by atoms with Crippen molar-refractivity contribution in [3.63, 3.8) is 0 Å². The van der Waals surface area contributed by atoms with Gasteiger partial charge in [-0.05, 0) is 36.8 Å². The third kappa shape index (κ3) is 2.94. The highest BCUT2D eigenvalue weighted by Gasteiger charge is 1.95. The summed E-state index contributed by atoms with van der Waals surface area (Å²) in [6.45, 7) is 9.29. The van der Waals surface area contributed by atoms with Crippen LogP contribution in [0.5, 0.6) is 5.75 Å². The van der Waals surface area contributed by atoms with Gasteiger partial charge in [-0.1, -0.05) is 31.4 Å². The molecule has 0 aliphatic carbocycles. The Morgan fingerprint density at radius 2 is 2.14 bits per heavy atom. The van der Waals surface area contributed by atoms with Gasteiger partial charge < -0.3 is 4.74 Å². The van der Waals surface area contributed by atoms with E-state index < -0.39 is 0 Å². The van der Waals surface area contributed by atoms with E-state index in [2.05, 4.69) is 13.2 Å². The first-order valence-electron chi connectivity index (χ1n) is 4.46. The average molecular weight is 186 g/mol. The lowest BCUT2D eigenvalue weighted by Crippen LogP contribution is -1.91.